The Kier molecular flexibility index (Phi) is 2.89. The first-order valence-electron chi connectivity index (χ1n) is 6.80. The highest BCUT2D eigenvalue weighted by molar-refractivity contribution is 5.70. The number of halogens is 1. The Balaban J connectivity index is 1.80. The molecule has 0 fully saturated rings. The second-order valence-corrected chi connectivity index (χ2v) is 4.94. The van der Waals surface area contributed by atoms with Crippen LogP contribution in [0.25, 0.3) is 28.0 Å². The van der Waals surface area contributed by atoms with Gasteiger partial charge < -0.3 is 4.40 Å². The minimum atomic E-state index is -0.357. The van der Waals surface area contributed by atoms with Gasteiger partial charge in [-0.2, -0.15) is 0 Å². The third-order valence-electron chi connectivity index (χ3n) is 3.46. The Morgan fingerprint density at radius 2 is 1.77 bits per heavy atom. The standard InChI is InChI=1S/C17H11FN4/c18-14-3-4-16(20-8-14)17-11-22-10-13(6-15(22)9-21-17)12-2-1-5-19-7-12/h1-11H. The van der Waals surface area contributed by atoms with Crippen LogP contribution in [0, 0.1) is 5.82 Å². The fourth-order valence-corrected chi connectivity index (χ4v) is 2.36. The summed E-state index contributed by atoms with van der Waals surface area (Å²) in [6, 6.07) is 8.97. The Morgan fingerprint density at radius 1 is 0.864 bits per heavy atom. The third kappa shape index (κ3) is 2.22. The molecule has 0 radical (unpaired) electrons. The number of aromatic nitrogens is 4. The van der Waals surface area contributed by atoms with Gasteiger partial charge in [-0.1, -0.05) is 6.07 Å². The van der Waals surface area contributed by atoms with Crippen molar-refractivity contribution < 1.29 is 4.39 Å². The van der Waals surface area contributed by atoms with Crippen LogP contribution in [0.3, 0.4) is 0 Å². The largest absolute Gasteiger partial charge is 0.320 e. The van der Waals surface area contributed by atoms with Gasteiger partial charge in [0.05, 0.1) is 23.6 Å². The molecule has 4 heterocycles. The molecule has 0 aliphatic rings. The fraction of sp³-hybridized carbons (Fsp3) is 0. The summed E-state index contributed by atoms with van der Waals surface area (Å²) in [4.78, 5) is 12.6. The van der Waals surface area contributed by atoms with E-state index in [9.17, 15) is 4.39 Å². The van der Waals surface area contributed by atoms with E-state index < -0.39 is 0 Å². The number of hydrogen-bond acceptors (Lipinski definition) is 3. The van der Waals surface area contributed by atoms with E-state index in [1.807, 2.05) is 41.2 Å². The lowest BCUT2D eigenvalue weighted by atomic mass is 10.1. The first-order chi connectivity index (χ1) is 10.8. The molecular formula is C17H11FN4. The van der Waals surface area contributed by atoms with Crippen molar-refractivity contribution in [2.24, 2.45) is 0 Å². The lowest BCUT2D eigenvalue weighted by Gasteiger charge is -2.01. The summed E-state index contributed by atoms with van der Waals surface area (Å²) < 4.78 is 14.9. The molecule has 4 aromatic rings. The Bertz CT molecular complexity index is 930. The van der Waals surface area contributed by atoms with E-state index in [1.54, 1.807) is 18.5 Å². The van der Waals surface area contributed by atoms with E-state index in [0.717, 1.165) is 16.6 Å². The molecule has 0 N–H and O–H groups in total. The van der Waals surface area contributed by atoms with Crippen molar-refractivity contribution in [3.8, 4) is 22.5 Å². The second kappa shape index (κ2) is 5.04. The fourth-order valence-electron chi connectivity index (χ4n) is 2.36. The quantitative estimate of drug-likeness (QED) is 0.566. The molecule has 5 heteroatoms. The minimum Gasteiger partial charge on any atom is -0.320 e. The molecule has 0 amide bonds. The summed E-state index contributed by atoms with van der Waals surface area (Å²) in [5.74, 6) is -0.357. The minimum absolute atomic E-state index is 0.357. The zero-order valence-corrected chi connectivity index (χ0v) is 11.5. The number of pyridine rings is 2. The van der Waals surface area contributed by atoms with Gasteiger partial charge in [0.15, 0.2) is 0 Å². The zero-order chi connectivity index (χ0) is 14.9. The van der Waals surface area contributed by atoms with Crippen LogP contribution >= 0.6 is 0 Å². The van der Waals surface area contributed by atoms with E-state index in [4.69, 9.17) is 0 Å². The number of rotatable bonds is 2. The van der Waals surface area contributed by atoms with Gasteiger partial charge in [-0.3, -0.25) is 15.0 Å². The molecule has 4 aromatic heterocycles. The lowest BCUT2D eigenvalue weighted by molar-refractivity contribution is 0.622. The first-order valence-corrected chi connectivity index (χ1v) is 6.80. The van der Waals surface area contributed by atoms with Gasteiger partial charge in [-0.25, -0.2) is 4.39 Å². The van der Waals surface area contributed by atoms with Crippen LogP contribution in [0.4, 0.5) is 4.39 Å². The van der Waals surface area contributed by atoms with E-state index in [1.165, 1.54) is 12.3 Å². The van der Waals surface area contributed by atoms with E-state index in [2.05, 4.69) is 15.0 Å². The Hall–Kier alpha value is -3.08. The van der Waals surface area contributed by atoms with Crippen molar-refractivity contribution in [2.45, 2.75) is 0 Å². The average molecular weight is 290 g/mol. The zero-order valence-electron chi connectivity index (χ0n) is 11.5. The van der Waals surface area contributed by atoms with Crippen molar-refractivity contribution in [2.75, 3.05) is 0 Å². The number of nitrogens with zero attached hydrogens (tertiary/aromatic N) is 4. The highest BCUT2D eigenvalue weighted by Crippen LogP contribution is 2.23. The van der Waals surface area contributed by atoms with Crippen molar-refractivity contribution in [3.05, 3.63) is 73.3 Å². The summed E-state index contributed by atoms with van der Waals surface area (Å²) in [6.07, 6.45) is 10.4. The van der Waals surface area contributed by atoms with E-state index >= 15 is 0 Å². The molecule has 106 valence electrons. The van der Waals surface area contributed by atoms with Crippen LogP contribution in [0.2, 0.25) is 0 Å². The van der Waals surface area contributed by atoms with Crippen LogP contribution in [0.1, 0.15) is 0 Å². The van der Waals surface area contributed by atoms with Crippen LogP contribution < -0.4 is 0 Å². The molecule has 0 spiro atoms. The second-order valence-electron chi connectivity index (χ2n) is 4.94. The normalized spacial score (nSPS) is 11.0. The van der Waals surface area contributed by atoms with Crippen molar-refractivity contribution in [3.63, 3.8) is 0 Å². The van der Waals surface area contributed by atoms with Gasteiger partial charge in [0, 0.05) is 35.9 Å². The lowest BCUT2D eigenvalue weighted by Crippen LogP contribution is -1.91. The summed E-state index contributed by atoms with van der Waals surface area (Å²) in [7, 11) is 0. The molecule has 0 aliphatic carbocycles. The molecule has 0 saturated carbocycles. The number of fused-ring (bicyclic) bond motifs is 1. The molecule has 0 atom stereocenters. The third-order valence-corrected chi connectivity index (χ3v) is 3.46. The van der Waals surface area contributed by atoms with Gasteiger partial charge >= 0.3 is 0 Å². The van der Waals surface area contributed by atoms with Crippen LogP contribution in [-0.4, -0.2) is 19.4 Å². The van der Waals surface area contributed by atoms with Gasteiger partial charge in [-0.15, -0.1) is 0 Å². The highest BCUT2D eigenvalue weighted by atomic mass is 19.1. The molecule has 0 aliphatic heterocycles. The maximum Gasteiger partial charge on any atom is 0.141 e. The van der Waals surface area contributed by atoms with Gasteiger partial charge in [0.2, 0.25) is 0 Å². The summed E-state index contributed by atoms with van der Waals surface area (Å²) in [5, 5.41) is 0. The highest BCUT2D eigenvalue weighted by Gasteiger charge is 2.06. The summed E-state index contributed by atoms with van der Waals surface area (Å²) in [5.41, 5.74) is 4.43. The van der Waals surface area contributed by atoms with Gasteiger partial charge in [0.25, 0.3) is 0 Å². The maximum absolute atomic E-state index is 13.0. The van der Waals surface area contributed by atoms with Crippen molar-refractivity contribution in [1.29, 1.82) is 0 Å². The van der Waals surface area contributed by atoms with Crippen LogP contribution in [0.15, 0.2) is 67.5 Å². The molecular weight excluding hydrogens is 279 g/mol. The summed E-state index contributed by atoms with van der Waals surface area (Å²) >= 11 is 0. The molecule has 0 aromatic carbocycles. The maximum atomic E-state index is 13.0. The van der Waals surface area contributed by atoms with Crippen LogP contribution in [-0.2, 0) is 0 Å². The molecule has 0 unspecified atom stereocenters. The Labute approximate surface area is 125 Å². The monoisotopic (exact) mass is 290 g/mol. The SMILES string of the molecule is Fc1ccc(-c2cn3cc(-c4cccnc4)cc3cn2)nc1. The predicted octanol–water partition coefficient (Wildman–Crippen LogP) is 3.60. The van der Waals surface area contributed by atoms with Gasteiger partial charge in [0.1, 0.15) is 11.5 Å². The van der Waals surface area contributed by atoms with Crippen LogP contribution in [0.5, 0.6) is 0 Å². The Morgan fingerprint density at radius 3 is 2.55 bits per heavy atom. The molecule has 0 bridgehead atoms. The van der Waals surface area contributed by atoms with E-state index in [-0.39, 0.29) is 5.82 Å². The predicted molar refractivity (Wildman–Crippen MR) is 81.6 cm³/mol. The molecule has 22 heavy (non-hydrogen) atoms. The molecule has 4 nitrogen and oxygen atoms in total. The topological polar surface area (TPSA) is 43.1 Å². The smallest absolute Gasteiger partial charge is 0.141 e. The first kappa shape index (κ1) is 12.6. The van der Waals surface area contributed by atoms with Gasteiger partial charge in [-0.05, 0) is 24.3 Å². The molecule has 4 rings (SSSR count). The van der Waals surface area contributed by atoms with Crippen molar-refractivity contribution >= 4 is 5.52 Å². The average Bonchev–Trinajstić information content (AvgIpc) is 2.99. The van der Waals surface area contributed by atoms with E-state index in [0.29, 0.717) is 11.4 Å². The number of hydrogen-bond donors (Lipinski definition) is 0. The molecule has 0 saturated heterocycles. The summed E-state index contributed by atoms with van der Waals surface area (Å²) in [6.45, 7) is 0. The van der Waals surface area contributed by atoms with Crippen molar-refractivity contribution in [1.82, 2.24) is 19.4 Å².